The van der Waals surface area contributed by atoms with E-state index in [9.17, 15) is 0 Å². The van der Waals surface area contributed by atoms with Crippen LogP contribution in [0, 0.1) is 0 Å². The molecular weight excluding hydrogens is 230 g/mol. The number of halogens is 1. The quantitative estimate of drug-likeness (QED) is 0.866. The zero-order valence-corrected chi connectivity index (χ0v) is 9.48. The van der Waals surface area contributed by atoms with Crippen LogP contribution >= 0.6 is 22.9 Å². The molecule has 15 heavy (non-hydrogen) atoms. The number of nitrogen functional groups attached to an aromatic ring is 1. The predicted octanol–water partition coefficient (Wildman–Crippen LogP) is 2.99. The summed E-state index contributed by atoms with van der Waals surface area (Å²) in [6.07, 6.45) is 0. The Labute approximate surface area is 96.9 Å². The first-order chi connectivity index (χ1) is 7.24. The number of benzene rings is 1. The molecule has 2 rings (SSSR count). The maximum Gasteiger partial charge on any atom is 0.180 e. The molecule has 5 heteroatoms. The molecule has 2 aromatic rings. The Hall–Kier alpha value is -1.26. The van der Waals surface area contributed by atoms with Gasteiger partial charge in [0.25, 0.3) is 0 Å². The zero-order valence-electron chi connectivity index (χ0n) is 7.90. The van der Waals surface area contributed by atoms with E-state index < -0.39 is 0 Å². The second-order valence-corrected chi connectivity index (χ2v) is 4.37. The van der Waals surface area contributed by atoms with Crippen LogP contribution in [0.4, 0.5) is 10.8 Å². The molecule has 0 radical (unpaired) electrons. The van der Waals surface area contributed by atoms with Gasteiger partial charge in [-0.3, -0.25) is 0 Å². The van der Waals surface area contributed by atoms with Crippen LogP contribution in [0.2, 0.25) is 5.02 Å². The lowest BCUT2D eigenvalue weighted by atomic mass is 10.3. The van der Waals surface area contributed by atoms with Gasteiger partial charge in [-0.25, -0.2) is 4.98 Å². The molecule has 0 aliphatic rings. The van der Waals surface area contributed by atoms with E-state index in [1.165, 1.54) is 11.3 Å². The minimum absolute atomic E-state index is 0.595. The minimum atomic E-state index is 0.595. The minimum Gasteiger partial charge on any atom is -0.379 e. The molecule has 1 heterocycles. The van der Waals surface area contributed by atoms with Crippen LogP contribution in [-0.4, -0.2) is 4.98 Å². The van der Waals surface area contributed by atoms with E-state index in [0.29, 0.717) is 11.7 Å². The van der Waals surface area contributed by atoms with Gasteiger partial charge in [0.15, 0.2) is 5.13 Å². The second kappa shape index (κ2) is 4.51. The van der Waals surface area contributed by atoms with Crippen molar-refractivity contribution in [3.05, 3.63) is 40.4 Å². The molecule has 0 atom stereocenters. The van der Waals surface area contributed by atoms with E-state index in [2.05, 4.69) is 10.3 Å². The highest BCUT2D eigenvalue weighted by Crippen LogP contribution is 2.17. The Morgan fingerprint density at radius 2 is 2.33 bits per heavy atom. The summed E-state index contributed by atoms with van der Waals surface area (Å²) in [6.45, 7) is 0.661. The smallest absolute Gasteiger partial charge is 0.180 e. The van der Waals surface area contributed by atoms with Gasteiger partial charge in [-0.15, -0.1) is 11.3 Å². The van der Waals surface area contributed by atoms with Crippen molar-refractivity contribution in [3.63, 3.8) is 0 Å². The molecule has 0 fully saturated rings. The van der Waals surface area contributed by atoms with E-state index in [-0.39, 0.29) is 0 Å². The lowest BCUT2D eigenvalue weighted by Gasteiger charge is -2.03. The van der Waals surface area contributed by atoms with Crippen molar-refractivity contribution in [3.8, 4) is 0 Å². The standard InChI is InChI=1S/C10H10ClN3S/c11-7-2-1-3-8(4-7)13-5-9-6-15-10(12)14-9/h1-4,6,13H,5H2,(H2,12,14). The molecule has 0 aliphatic carbocycles. The van der Waals surface area contributed by atoms with Crippen molar-refractivity contribution in [2.24, 2.45) is 0 Å². The van der Waals surface area contributed by atoms with Crippen LogP contribution in [0.3, 0.4) is 0 Å². The first-order valence-corrected chi connectivity index (χ1v) is 5.69. The first kappa shape index (κ1) is 10.3. The average molecular weight is 240 g/mol. The fourth-order valence-electron chi connectivity index (χ4n) is 1.19. The Morgan fingerprint density at radius 3 is 3.00 bits per heavy atom. The topological polar surface area (TPSA) is 50.9 Å². The molecule has 3 nitrogen and oxygen atoms in total. The molecule has 1 aromatic carbocycles. The molecule has 0 saturated carbocycles. The SMILES string of the molecule is Nc1nc(CNc2cccc(Cl)c2)cs1. The van der Waals surface area contributed by atoms with Gasteiger partial charge in [0.2, 0.25) is 0 Å². The van der Waals surface area contributed by atoms with Crippen LogP contribution in [0.1, 0.15) is 5.69 Å². The van der Waals surface area contributed by atoms with Crippen LogP contribution < -0.4 is 11.1 Å². The van der Waals surface area contributed by atoms with Crippen molar-refractivity contribution in [2.45, 2.75) is 6.54 Å². The van der Waals surface area contributed by atoms with E-state index in [0.717, 1.165) is 16.4 Å². The molecule has 0 spiro atoms. The second-order valence-electron chi connectivity index (χ2n) is 3.04. The number of nitrogens with zero attached hydrogens (tertiary/aromatic N) is 1. The van der Waals surface area contributed by atoms with Gasteiger partial charge >= 0.3 is 0 Å². The summed E-state index contributed by atoms with van der Waals surface area (Å²) in [5, 5.41) is 6.47. The Kier molecular flexibility index (Phi) is 3.08. The largest absolute Gasteiger partial charge is 0.379 e. The van der Waals surface area contributed by atoms with Crippen LogP contribution in [0.25, 0.3) is 0 Å². The maximum atomic E-state index is 5.86. The highest BCUT2D eigenvalue weighted by atomic mass is 35.5. The third-order valence-electron chi connectivity index (χ3n) is 1.87. The third kappa shape index (κ3) is 2.84. The first-order valence-electron chi connectivity index (χ1n) is 4.43. The lowest BCUT2D eigenvalue weighted by molar-refractivity contribution is 1.08. The number of hydrogen-bond donors (Lipinski definition) is 2. The molecular formula is C10H10ClN3S. The van der Waals surface area contributed by atoms with Gasteiger partial charge in [0.05, 0.1) is 12.2 Å². The molecule has 0 saturated heterocycles. The number of hydrogen-bond acceptors (Lipinski definition) is 4. The third-order valence-corrected chi connectivity index (χ3v) is 2.83. The number of nitrogens with one attached hydrogen (secondary N) is 1. The van der Waals surface area contributed by atoms with E-state index >= 15 is 0 Å². The van der Waals surface area contributed by atoms with Crippen molar-refractivity contribution in [1.82, 2.24) is 4.98 Å². The highest BCUT2D eigenvalue weighted by molar-refractivity contribution is 7.13. The van der Waals surface area contributed by atoms with Crippen LogP contribution in [-0.2, 0) is 6.54 Å². The molecule has 1 aromatic heterocycles. The number of aromatic nitrogens is 1. The number of rotatable bonds is 3. The van der Waals surface area contributed by atoms with Gasteiger partial charge in [-0.2, -0.15) is 0 Å². The van der Waals surface area contributed by atoms with Gasteiger partial charge in [0, 0.05) is 16.1 Å². The van der Waals surface area contributed by atoms with Crippen molar-refractivity contribution in [2.75, 3.05) is 11.1 Å². The Morgan fingerprint density at radius 1 is 1.47 bits per heavy atom. The fourth-order valence-corrected chi connectivity index (χ4v) is 1.95. The van der Waals surface area contributed by atoms with E-state index in [1.54, 1.807) is 0 Å². The Bertz CT molecular complexity index is 455. The van der Waals surface area contributed by atoms with Gasteiger partial charge < -0.3 is 11.1 Å². The molecule has 3 N–H and O–H groups in total. The van der Waals surface area contributed by atoms with E-state index in [4.69, 9.17) is 17.3 Å². The highest BCUT2D eigenvalue weighted by Gasteiger charge is 1.98. The van der Waals surface area contributed by atoms with Crippen LogP contribution in [0.5, 0.6) is 0 Å². The van der Waals surface area contributed by atoms with Crippen molar-refractivity contribution < 1.29 is 0 Å². The summed E-state index contributed by atoms with van der Waals surface area (Å²) in [4.78, 5) is 4.15. The summed E-state index contributed by atoms with van der Waals surface area (Å²) in [5.41, 5.74) is 7.45. The zero-order chi connectivity index (χ0) is 10.7. The summed E-state index contributed by atoms with van der Waals surface area (Å²) in [5.74, 6) is 0. The van der Waals surface area contributed by atoms with E-state index in [1.807, 2.05) is 29.6 Å². The lowest BCUT2D eigenvalue weighted by Crippen LogP contribution is -1.99. The summed E-state index contributed by atoms with van der Waals surface area (Å²) < 4.78 is 0. The van der Waals surface area contributed by atoms with Crippen LogP contribution in [0.15, 0.2) is 29.6 Å². The molecule has 0 bridgehead atoms. The number of anilines is 2. The average Bonchev–Trinajstić information content (AvgIpc) is 2.62. The van der Waals surface area contributed by atoms with Gasteiger partial charge in [-0.05, 0) is 18.2 Å². The monoisotopic (exact) mass is 239 g/mol. The molecule has 0 unspecified atom stereocenters. The van der Waals surface area contributed by atoms with Gasteiger partial charge in [-0.1, -0.05) is 17.7 Å². The maximum absolute atomic E-state index is 5.86. The molecule has 0 amide bonds. The molecule has 78 valence electrons. The molecule has 0 aliphatic heterocycles. The predicted molar refractivity (Wildman–Crippen MR) is 65.3 cm³/mol. The number of nitrogens with two attached hydrogens (primary N) is 1. The summed E-state index contributed by atoms with van der Waals surface area (Å²) in [7, 11) is 0. The van der Waals surface area contributed by atoms with Gasteiger partial charge in [0.1, 0.15) is 0 Å². The Balaban J connectivity index is 1.99. The summed E-state index contributed by atoms with van der Waals surface area (Å²) in [6, 6.07) is 7.58. The number of thiazole rings is 1. The summed E-state index contributed by atoms with van der Waals surface area (Å²) >= 11 is 7.30. The van der Waals surface area contributed by atoms with Crippen molar-refractivity contribution in [1.29, 1.82) is 0 Å². The van der Waals surface area contributed by atoms with Crippen molar-refractivity contribution >= 4 is 33.8 Å². The normalized spacial score (nSPS) is 10.2. The fraction of sp³-hybridized carbons (Fsp3) is 0.100.